The fraction of sp³-hybridized carbons (Fsp3) is 0.647. The van der Waals surface area contributed by atoms with Crippen LogP contribution in [0.15, 0.2) is 24.3 Å². The van der Waals surface area contributed by atoms with Gasteiger partial charge in [-0.15, -0.1) is 0 Å². The SMILES string of the molecule is CCOc1ccccc1C(CN)N1CC2CCCC2C1. The summed E-state index contributed by atoms with van der Waals surface area (Å²) in [6.07, 6.45) is 4.24. The number of nitrogens with zero attached hydrogens (tertiary/aromatic N) is 1. The highest BCUT2D eigenvalue weighted by atomic mass is 16.5. The van der Waals surface area contributed by atoms with Gasteiger partial charge in [0.1, 0.15) is 5.75 Å². The Morgan fingerprint density at radius 2 is 1.95 bits per heavy atom. The second-order valence-corrected chi connectivity index (χ2v) is 6.13. The molecule has 0 radical (unpaired) electrons. The number of fused-ring (bicyclic) bond motifs is 1. The van der Waals surface area contributed by atoms with Crippen molar-refractivity contribution in [2.24, 2.45) is 17.6 Å². The third-order valence-corrected chi connectivity index (χ3v) is 5.00. The van der Waals surface area contributed by atoms with Crippen molar-refractivity contribution in [1.82, 2.24) is 4.90 Å². The van der Waals surface area contributed by atoms with E-state index in [-0.39, 0.29) is 0 Å². The van der Waals surface area contributed by atoms with Gasteiger partial charge in [-0.3, -0.25) is 4.90 Å². The lowest BCUT2D eigenvalue weighted by Gasteiger charge is -2.29. The topological polar surface area (TPSA) is 38.5 Å². The molecule has 0 bridgehead atoms. The molecule has 3 rings (SSSR count). The highest BCUT2D eigenvalue weighted by Gasteiger charge is 2.39. The lowest BCUT2D eigenvalue weighted by atomic mass is 10.0. The van der Waals surface area contributed by atoms with Crippen LogP contribution in [-0.4, -0.2) is 31.1 Å². The van der Waals surface area contributed by atoms with Gasteiger partial charge in [0.2, 0.25) is 0 Å². The molecule has 3 unspecified atom stereocenters. The summed E-state index contributed by atoms with van der Waals surface area (Å²) in [6, 6.07) is 8.69. The Morgan fingerprint density at radius 1 is 1.25 bits per heavy atom. The molecule has 1 heterocycles. The lowest BCUT2D eigenvalue weighted by Crippen LogP contribution is -2.33. The number of ether oxygens (including phenoxy) is 1. The molecular weight excluding hydrogens is 248 g/mol. The first kappa shape index (κ1) is 13.9. The van der Waals surface area contributed by atoms with Crippen LogP contribution in [0.3, 0.4) is 0 Å². The van der Waals surface area contributed by atoms with Gasteiger partial charge in [0.05, 0.1) is 12.6 Å². The molecule has 20 heavy (non-hydrogen) atoms. The zero-order chi connectivity index (χ0) is 13.9. The maximum atomic E-state index is 6.10. The molecule has 0 aromatic heterocycles. The van der Waals surface area contributed by atoms with E-state index < -0.39 is 0 Å². The zero-order valence-electron chi connectivity index (χ0n) is 12.4. The van der Waals surface area contributed by atoms with Crippen LogP contribution in [-0.2, 0) is 0 Å². The Balaban J connectivity index is 1.80. The monoisotopic (exact) mass is 274 g/mol. The van der Waals surface area contributed by atoms with Gasteiger partial charge in [-0.1, -0.05) is 24.6 Å². The minimum Gasteiger partial charge on any atom is -0.494 e. The molecule has 1 aliphatic carbocycles. The molecule has 0 spiro atoms. The third-order valence-electron chi connectivity index (χ3n) is 5.00. The van der Waals surface area contributed by atoms with E-state index in [1.165, 1.54) is 37.9 Å². The molecule has 2 N–H and O–H groups in total. The summed E-state index contributed by atoms with van der Waals surface area (Å²) in [5, 5.41) is 0. The van der Waals surface area contributed by atoms with Gasteiger partial charge in [0, 0.05) is 25.2 Å². The van der Waals surface area contributed by atoms with E-state index in [2.05, 4.69) is 23.1 Å². The van der Waals surface area contributed by atoms with E-state index >= 15 is 0 Å². The summed E-state index contributed by atoms with van der Waals surface area (Å²) < 4.78 is 5.79. The normalized spacial score (nSPS) is 27.5. The fourth-order valence-corrected chi connectivity index (χ4v) is 4.04. The largest absolute Gasteiger partial charge is 0.494 e. The smallest absolute Gasteiger partial charge is 0.124 e. The van der Waals surface area contributed by atoms with Crippen molar-refractivity contribution >= 4 is 0 Å². The van der Waals surface area contributed by atoms with Crippen LogP contribution < -0.4 is 10.5 Å². The Hall–Kier alpha value is -1.06. The first-order chi connectivity index (χ1) is 9.83. The Labute approximate surface area is 122 Å². The average molecular weight is 274 g/mol. The number of nitrogens with two attached hydrogens (primary N) is 1. The standard InChI is InChI=1S/C17H26N2O/c1-2-20-17-9-4-3-8-15(17)16(10-18)19-11-13-6-5-7-14(13)12-19/h3-4,8-9,13-14,16H,2,5-7,10-12,18H2,1H3. The number of likely N-dealkylation sites (tertiary alicyclic amines) is 1. The molecule has 2 fully saturated rings. The van der Waals surface area contributed by atoms with Crippen LogP contribution in [0.25, 0.3) is 0 Å². The van der Waals surface area contributed by atoms with Crippen molar-refractivity contribution in [1.29, 1.82) is 0 Å². The van der Waals surface area contributed by atoms with Crippen molar-refractivity contribution in [3.63, 3.8) is 0 Å². The van der Waals surface area contributed by atoms with Gasteiger partial charge in [0.15, 0.2) is 0 Å². The van der Waals surface area contributed by atoms with Crippen molar-refractivity contribution in [2.75, 3.05) is 26.2 Å². The predicted molar refractivity (Wildman–Crippen MR) is 81.8 cm³/mol. The van der Waals surface area contributed by atoms with Crippen molar-refractivity contribution in [3.05, 3.63) is 29.8 Å². The molecule has 3 atom stereocenters. The van der Waals surface area contributed by atoms with E-state index in [1.54, 1.807) is 0 Å². The van der Waals surface area contributed by atoms with Crippen LogP contribution in [0.1, 0.15) is 37.8 Å². The van der Waals surface area contributed by atoms with Gasteiger partial charge in [-0.05, 0) is 37.7 Å². The summed E-state index contributed by atoms with van der Waals surface area (Å²) >= 11 is 0. The summed E-state index contributed by atoms with van der Waals surface area (Å²) in [5.74, 6) is 2.81. The van der Waals surface area contributed by atoms with E-state index in [9.17, 15) is 0 Å². The minimum atomic E-state index is 0.309. The molecule has 3 heteroatoms. The Morgan fingerprint density at radius 3 is 2.60 bits per heavy atom. The maximum Gasteiger partial charge on any atom is 0.124 e. The molecule has 1 aliphatic heterocycles. The first-order valence-corrected chi connectivity index (χ1v) is 7.99. The Kier molecular flexibility index (Phi) is 4.27. The van der Waals surface area contributed by atoms with E-state index in [1.807, 2.05) is 13.0 Å². The summed E-state index contributed by atoms with van der Waals surface area (Å²) in [4.78, 5) is 2.59. The number of hydrogen-bond donors (Lipinski definition) is 1. The zero-order valence-corrected chi connectivity index (χ0v) is 12.4. The van der Waals surface area contributed by atoms with Crippen LogP contribution in [0.4, 0.5) is 0 Å². The molecule has 110 valence electrons. The lowest BCUT2D eigenvalue weighted by molar-refractivity contribution is 0.224. The number of para-hydroxylation sites is 1. The molecule has 1 aromatic carbocycles. The first-order valence-electron chi connectivity index (χ1n) is 7.99. The fourth-order valence-electron chi connectivity index (χ4n) is 4.04. The summed E-state index contributed by atoms with van der Waals surface area (Å²) in [7, 11) is 0. The van der Waals surface area contributed by atoms with Crippen molar-refractivity contribution < 1.29 is 4.74 Å². The van der Waals surface area contributed by atoms with E-state index in [0.717, 1.165) is 17.6 Å². The number of rotatable bonds is 5. The average Bonchev–Trinajstić information content (AvgIpc) is 3.03. The highest BCUT2D eigenvalue weighted by molar-refractivity contribution is 5.36. The van der Waals surface area contributed by atoms with Gasteiger partial charge in [-0.2, -0.15) is 0 Å². The Bertz CT molecular complexity index is 436. The van der Waals surface area contributed by atoms with Crippen LogP contribution in [0.2, 0.25) is 0 Å². The molecule has 2 aliphatic rings. The van der Waals surface area contributed by atoms with E-state index in [4.69, 9.17) is 10.5 Å². The molecule has 1 aromatic rings. The van der Waals surface area contributed by atoms with E-state index in [0.29, 0.717) is 19.2 Å². The van der Waals surface area contributed by atoms with Crippen molar-refractivity contribution in [2.45, 2.75) is 32.2 Å². The van der Waals surface area contributed by atoms with Gasteiger partial charge in [0.25, 0.3) is 0 Å². The number of hydrogen-bond acceptors (Lipinski definition) is 3. The second kappa shape index (κ2) is 6.15. The maximum absolute atomic E-state index is 6.10. The van der Waals surface area contributed by atoms with Crippen LogP contribution in [0.5, 0.6) is 5.75 Å². The van der Waals surface area contributed by atoms with Gasteiger partial charge < -0.3 is 10.5 Å². The second-order valence-electron chi connectivity index (χ2n) is 6.13. The summed E-state index contributed by atoms with van der Waals surface area (Å²) in [5.41, 5.74) is 7.36. The molecule has 1 saturated heterocycles. The molecular formula is C17H26N2O. The molecule has 0 amide bonds. The quantitative estimate of drug-likeness (QED) is 0.897. The van der Waals surface area contributed by atoms with Crippen molar-refractivity contribution in [3.8, 4) is 5.75 Å². The highest BCUT2D eigenvalue weighted by Crippen LogP contribution is 2.41. The van der Waals surface area contributed by atoms with Crippen LogP contribution in [0, 0.1) is 11.8 Å². The molecule has 1 saturated carbocycles. The minimum absolute atomic E-state index is 0.309. The van der Waals surface area contributed by atoms with Gasteiger partial charge >= 0.3 is 0 Å². The third kappa shape index (κ3) is 2.57. The van der Waals surface area contributed by atoms with Gasteiger partial charge in [-0.25, -0.2) is 0 Å². The van der Waals surface area contributed by atoms with Crippen LogP contribution >= 0.6 is 0 Å². The summed E-state index contributed by atoms with van der Waals surface area (Å²) in [6.45, 7) is 5.84. The predicted octanol–water partition coefficient (Wildman–Crippen LogP) is 2.82. The number of benzene rings is 1. The molecule has 3 nitrogen and oxygen atoms in total.